The van der Waals surface area contributed by atoms with E-state index in [0.29, 0.717) is 22.2 Å². The minimum atomic E-state index is -0.417. The highest BCUT2D eigenvalue weighted by molar-refractivity contribution is 6.06. The zero-order valence-electron chi connectivity index (χ0n) is 24.0. The van der Waals surface area contributed by atoms with Crippen molar-refractivity contribution in [1.82, 2.24) is 4.98 Å². The highest BCUT2D eigenvalue weighted by Crippen LogP contribution is 2.61. The van der Waals surface area contributed by atoms with Gasteiger partial charge in [-0.2, -0.15) is 0 Å². The minimum Gasteiger partial charge on any atom is -0.457 e. The number of rotatable bonds is 9. The first-order valence-electron chi connectivity index (χ1n) is 15.4. The molecule has 1 heterocycles. The molecule has 3 aromatic carbocycles. The molecule has 4 bridgehead atoms. The van der Waals surface area contributed by atoms with Crippen LogP contribution in [-0.2, 0) is 17.8 Å². The lowest BCUT2D eigenvalue weighted by molar-refractivity contribution is -0.0570. The normalized spacial score (nSPS) is 24.0. The third kappa shape index (κ3) is 5.65. The molecule has 0 unspecified atom stereocenters. The second kappa shape index (κ2) is 11.3. The summed E-state index contributed by atoms with van der Waals surface area (Å²) in [5.74, 6) is 2.15. The molecule has 0 radical (unpaired) electrons. The fraction of sp³-hybridized carbons (Fsp3) is 0.351. The molecule has 5 heteroatoms. The van der Waals surface area contributed by atoms with Gasteiger partial charge in [-0.05, 0) is 110 Å². The minimum absolute atomic E-state index is 0.163. The first-order chi connectivity index (χ1) is 20.5. The van der Waals surface area contributed by atoms with Crippen molar-refractivity contribution in [1.29, 1.82) is 0 Å². The molecule has 1 amide bonds. The van der Waals surface area contributed by atoms with Crippen LogP contribution in [0.2, 0.25) is 0 Å². The summed E-state index contributed by atoms with van der Waals surface area (Å²) in [4.78, 5) is 30.1. The van der Waals surface area contributed by atoms with Crippen LogP contribution in [0.1, 0.15) is 76.9 Å². The van der Waals surface area contributed by atoms with Crippen molar-refractivity contribution in [3.63, 3.8) is 0 Å². The van der Waals surface area contributed by atoms with E-state index in [1.54, 1.807) is 18.2 Å². The second-order valence-electron chi connectivity index (χ2n) is 13.0. The average Bonchev–Trinajstić information content (AvgIpc) is 3.44. The maximum absolute atomic E-state index is 13.7. The van der Waals surface area contributed by atoms with E-state index in [1.165, 1.54) is 38.5 Å². The van der Waals surface area contributed by atoms with Gasteiger partial charge >= 0.3 is 5.97 Å². The van der Waals surface area contributed by atoms with Crippen LogP contribution < -0.4 is 5.32 Å². The Morgan fingerprint density at radius 3 is 2.17 bits per heavy atom. The smallest absolute Gasteiger partial charge is 0.338 e. The molecule has 0 spiro atoms. The number of carbonyl (C=O) groups is 2. The molecule has 42 heavy (non-hydrogen) atoms. The molecule has 0 atom stereocenters. The van der Waals surface area contributed by atoms with Crippen LogP contribution in [-0.4, -0.2) is 16.9 Å². The summed E-state index contributed by atoms with van der Waals surface area (Å²) in [5.41, 5.74) is 6.05. The second-order valence-corrected chi connectivity index (χ2v) is 13.0. The number of anilines is 1. The van der Waals surface area contributed by atoms with Crippen molar-refractivity contribution < 1.29 is 14.3 Å². The Morgan fingerprint density at radius 1 is 0.810 bits per heavy atom. The number of aromatic nitrogens is 1. The molecule has 1 aromatic heterocycles. The number of esters is 1. The number of amides is 1. The van der Waals surface area contributed by atoms with Gasteiger partial charge in [-0.3, -0.25) is 4.79 Å². The van der Waals surface area contributed by atoms with Crippen molar-refractivity contribution in [2.75, 3.05) is 5.32 Å². The lowest BCUT2D eigenvalue weighted by Gasteiger charge is -2.57. The van der Waals surface area contributed by atoms with E-state index in [0.717, 1.165) is 53.1 Å². The molecule has 4 saturated carbocycles. The van der Waals surface area contributed by atoms with Gasteiger partial charge in [0.05, 0.1) is 11.1 Å². The fourth-order valence-corrected chi connectivity index (χ4v) is 8.39. The summed E-state index contributed by atoms with van der Waals surface area (Å²) in [6, 6.07) is 28.8. The van der Waals surface area contributed by atoms with E-state index in [9.17, 15) is 9.59 Å². The Kier molecular flexibility index (Phi) is 7.19. The molecule has 4 aliphatic carbocycles. The van der Waals surface area contributed by atoms with Crippen molar-refractivity contribution in [3.8, 4) is 11.3 Å². The Balaban J connectivity index is 1.09. The first kappa shape index (κ1) is 26.8. The molecule has 4 fully saturated rings. The highest BCUT2D eigenvalue weighted by atomic mass is 16.5. The molecule has 0 saturated heterocycles. The molecule has 4 aromatic rings. The molecular formula is C37H38N2O3. The van der Waals surface area contributed by atoms with E-state index in [1.807, 2.05) is 60.7 Å². The average molecular weight is 559 g/mol. The lowest BCUT2D eigenvalue weighted by Crippen LogP contribution is -2.46. The summed E-state index contributed by atoms with van der Waals surface area (Å²) >= 11 is 0. The van der Waals surface area contributed by atoms with E-state index in [2.05, 4.69) is 22.4 Å². The zero-order chi connectivity index (χ0) is 28.5. The lowest BCUT2D eigenvalue weighted by atomic mass is 9.48. The standard InChI is InChI=1S/C37H38N2O3/c40-35(38-31-13-7-12-30(19-31)36(41)42-24-25-8-3-1-4-9-25)32-20-34(29-10-5-2-6-11-29)39-33(32)14-15-37-21-26-16-27(22-37)18-28(17-26)23-37/h1-13,19-20,26-28,39H,14-18,21-24H2,(H,38,40). The van der Waals surface area contributed by atoms with Crippen molar-refractivity contribution >= 4 is 17.6 Å². The Morgan fingerprint density at radius 2 is 1.48 bits per heavy atom. The van der Waals surface area contributed by atoms with Crippen LogP contribution >= 0.6 is 0 Å². The number of benzene rings is 3. The number of hydrogen-bond donors (Lipinski definition) is 2. The highest BCUT2D eigenvalue weighted by Gasteiger charge is 2.50. The monoisotopic (exact) mass is 558 g/mol. The predicted octanol–water partition coefficient (Wildman–Crippen LogP) is 8.44. The molecule has 8 rings (SSSR count). The first-order valence-corrected chi connectivity index (χ1v) is 15.4. The summed E-state index contributed by atoms with van der Waals surface area (Å²) in [6.07, 6.45) is 10.4. The largest absolute Gasteiger partial charge is 0.457 e. The number of nitrogens with one attached hydrogen (secondary N) is 2. The van der Waals surface area contributed by atoms with Crippen LogP contribution in [0, 0.1) is 23.2 Å². The van der Waals surface area contributed by atoms with Crippen LogP contribution in [0.3, 0.4) is 0 Å². The molecule has 4 aliphatic rings. The van der Waals surface area contributed by atoms with Gasteiger partial charge in [0, 0.05) is 17.1 Å². The van der Waals surface area contributed by atoms with Crippen LogP contribution in [0.25, 0.3) is 11.3 Å². The third-order valence-electron chi connectivity index (χ3n) is 9.87. The van der Waals surface area contributed by atoms with E-state index < -0.39 is 5.97 Å². The zero-order valence-corrected chi connectivity index (χ0v) is 24.0. The number of aromatic amines is 1. The molecule has 5 nitrogen and oxygen atoms in total. The van der Waals surface area contributed by atoms with Gasteiger partial charge in [0.25, 0.3) is 5.91 Å². The van der Waals surface area contributed by atoms with E-state index in [-0.39, 0.29) is 12.5 Å². The van der Waals surface area contributed by atoms with Gasteiger partial charge in [-0.1, -0.05) is 66.7 Å². The van der Waals surface area contributed by atoms with Crippen molar-refractivity contribution in [2.24, 2.45) is 23.2 Å². The number of carbonyl (C=O) groups excluding carboxylic acids is 2. The maximum atomic E-state index is 13.7. The number of H-pyrrole nitrogens is 1. The third-order valence-corrected chi connectivity index (χ3v) is 9.87. The Hall–Kier alpha value is -4.12. The summed E-state index contributed by atoms with van der Waals surface area (Å²) in [5, 5.41) is 3.06. The summed E-state index contributed by atoms with van der Waals surface area (Å²) in [7, 11) is 0. The molecule has 214 valence electrons. The maximum Gasteiger partial charge on any atom is 0.338 e. The predicted molar refractivity (Wildman–Crippen MR) is 165 cm³/mol. The molecule has 0 aliphatic heterocycles. The quantitative estimate of drug-likeness (QED) is 0.203. The summed E-state index contributed by atoms with van der Waals surface area (Å²) < 4.78 is 5.51. The topological polar surface area (TPSA) is 71.2 Å². The van der Waals surface area contributed by atoms with Gasteiger partial charge in [-0.15, -0.1) is 0 Å². The van der Waals surface area contributed by atoms with Gasteiger partial charge in [0.15, 0.2) is 0 Å². The van der Waals surface area contributed by atoms with E-state index in [4.69, 9.17) is 4.74 Å². The van der Waals surface area contributed by atoms with Crippen molar-refractivity contribution in [3.05, 3.63) is 113 Å². The van der Waals surface area contributed by atoms with Gasteiger partial charge in [0.2, 0.25) is 0 Å². The Bertz CT molecular complexity index is 1540. The fourth-order valence-electron chi connectivity index (χ4n) is 8.39. The molecular weight excluding hydrogens is 520 g/mol. The SMILES string of the molecule is O=C(OCc1ccccc1)c1cccc(NC(=O)c2cc(-c3ccccc3)[nH]c2CCC23CC4CC(CC(C4)C2)C3)c1. The summed E-state index contributed by atoms with van der Waals surface area (Å²) in [6.45, 7) is 0.203. The van der Waals surface area contributed by atoms with Gasteiger partial charge in [-0.25, -0.2) is 4.79 Å². The van der Waals surface area contributed by atoms with E-state index >= 15 is 0 Å². The number of ether oxygens (including phenoxy) is 1. The van der Waals surface area contributed by atoms with Crippen molar-refractivity contribution in [2.45, 2.75) is 58.0 Å². The van der Waals surface area contributed by atoms with Crippen LogP contribution in [0.5, 0.6) is 0 Å². The van der Waals surface area contributed by atoms with Gasteiger partial charge in [0.1, 0.15) is 6.61 Å². The van der Waals surface area contributed by atoms with Crippen LogP contribution in [0.4, 0.5) is 5.69 Å². The van der Waals surface area contributed by atoms with Crippen LogP contribution in [0.15, 0.2) is 91.0 Å². The number of aryl methyl sites for hydroxylation is 1. The number of hydrogen-bond acceptors (Lipinski definition) is 3. The van der Waals surface area contributed by atoms with Gasteiger partial charge < -0.3 is 15.0 Å². The molecule has 2 N–H and O–H groups in total. The Labute approximate surface area is 247 Å².